The fourth-order valence-corrected chi connectivity index (χ4v) is 3.32. The standard InChI is InChI=1S/C12H16BrNOS/c1-8-9-5-7-16-10(9)4-6-14(8)11(15)12(2,3)13/h5,7-8H,4,6H2,1-3H3. The van der Waals surface area contributed by atoms with Crippen molar-refractivity contribution in [1.29, 1.82) is 0 Å². The van der Waals surface area contributed by atoms with Gasteiger partial charge in [-0.05, 0) is 44.2 Å². The summed E-state index contributed by atoms with van der Waals surface area (Å²) in [6, 6.07) is 2.35. The number of hydrogen-bond acceptors (Lipinski definition) is 2. The predicted octanol–water partition coefficient (Wildman–Crippen LogP) is 3.37. The van der Waals surface area contributed by atoms with E-state index in [0.29, 0.717) is 0 Å². The van der Waals surface area contributed by atoms with E-state index in [2.05, 4.69) is 34.3 Å². The van der Waals surface area contributed by atoms with Gasteiger partial charge in [-0.2, -0.15) is 0 Å². The number of halogens is 1. The Hall–Kier alpha value is -0.350. The number of carbonyl (C=O) groups excluding carboxylic acids is 1. The van der Waals surface area contributed by atoms with E-state index in [1.54, 1.807) is 11.3 Å². The van der Waals surface area contributed by atoms with Crippen molar-refractivity contribution in [2.45, 2.75) is 37.6 Å². The first-order valence-corrected chi connectivity index (χ1v) is 7.15. The first-order chi connectivity index (χ1) is 7.41. The molecular formula is C12H16BrNOS. The van der Waals surface area contributed by atoms with Gasteiger partial charge < -0.3 is 4.90 Å². The molecule has 88 valence electrons. The zero-order valence-corrected chi connectivity index (χ0v) is 12.2. The Bertz CT molecular complexity index is 407. The molecule has 2 heterocycles. The number of alkyl halides is 1. The second-order valence-corrected chi connectivity index (χ2v) is 7.68. The van der Waals surface area contributed by atoms with Crippen LogP contribution in [0.15, 0.2) is 11.4 Å². The maximum atomic E-state index is 12.2. The smallest absolute Gasteiger partial charge is 0.239 e. The summed E-state index contributed by atoms with van der Waals surface area (Å²) >= 11 is 5.25. The van der Waals surface area contributed by atoms with Crippen LogP contribution in [0.4, 0.5) is 0 Å². The van der Waals surface area contributed by atoms with Gasteiger partial charge in [0, 0.05) is 11.4 Å². The van der Waals surface area contributed by atoms with E-state index in [4.69, 9.17) is 0 Å². The maximum absolute atomic E-state index is 12.2. The van der Waals surface area contributed by atoms with Crippen LogP contribution in [-0.4, -0.2) is 21.7 Å². The molecule has 0 saturated carbocycles. The van der Waals surface area contributed by atoms with E-state index in [-0.39, 0.29) is 11.9 Å². The van der Waals surface area contributed by atoms with Crippen LogP contribution >= 0.6 is 27.3 Å². The van der Waals surface area contributed by atoms with Crippen LogP contribution in [0.3, 0.4) is 0 Å². The van der Waals surface area contributed by atoms with Crippen LogP contribution < -0.4 is 0 Å². The molecule has 2 nitrogen and oxygen atoms in total. The van der Waals surface area contributed by atoms with Crippen molar-refractivity contribution >= 4 is 33.2 Å². The lowest BCUT2D eigenvalue weighted by atomic mass is 10.00. The van der Waals surface area contributed by atoms with Crippen molar-refractivity contribution in [2.24, 2.45) is 0 Å². The van der Waals surface area contributed by atoms with Crippen molar-refractivity contribution in [3.8, 4) is 0 Å². The Kier molecular flexibility index (Phi) is 3.14. The number of hydrogen-bond donors (Lipinski definition) is 0. The molecule has 0 aromatic carbocycles. The summed E-state index contributed by atoms with van der Waals surface area (Å²) in [5, 5.41) is 2.12. The van der Waals surface area contributed by atoms with Crippen LogP contribution in [0.1, 0.15) is 37.3 Å². The van der Waals surface area contributed by atoms with Crippen molar-refractivity contribution in [3.63, 3.8) is 0 Å². The summed E-state index contributed by atoms with van der Waals surface area (Å²) in [6.07, 6.45) is 0.992. The quantitative estimate of drug-likeness (QED) is 0.728. The summed E-state index contributed by atoms with van der Waals surface area (Å²) in [5.41, 5.74) is 1.32. The molecule has 0 fully saturated rings. The monoisotopic (exact) mass is 301 g/mol. The minimum Gasteiger partial charge on any atom is -0.334 e. The molecule has 0 saturated heterocycles. The van der Waals surface area contributed by atoms with E-state index in [0.717, 1.165) is 13.0 Å². The average Bonchev–Trinajstić information content (AvgIpc) is 2.64. The largest absolute Gasteiger partial charge is 0.334 e. The minimum absolute atomic E-state index is 0.178. The van der Waals surface area contributed by atoms with E-state index in [1.165, 1.54) is 10.4 Å². The van der Waals surface area contributed by atoms with E-state index in [9.17, 15) is 4.79 Å². The highest BCUT2D eigenvalue weighted by molar-refractivity contribution is 9.10. The number of rotatable bonds is 1. The van der Waals surface area contributed by atoms with Crippen molar-refractivity contribution in [3.05, 3.63) is 21.9 Å². The molecule has 1 aromatic heterocycles. The van der Waals surface area contributed by atoms with Gasteiger partial charge in [-0.1, -0.05) is 15.9 Å². The van der Waals surface area contributed by atoms with E-state index < -0.39 is 4.32 Å². The molecular weight excluding hydrogens is 286 g/mol. The van der Waals surface area contributed by atoms with Gasteiger partial charge in [0.1, 0.15) is 0 Å². The molecule has 1 aromatic rings. The first kappa shape index (κ1) is 12.1. The molecule has 0 bridgehead atoms. The molecule has 1 aliphatic rings. The molecule has 1 amide bonds. The van der Waals surface area contributed by atoms with Gasteiger partial charge in [-0.25, -0.2) is 0 Å². The summed E-state index contributed by atoms with van der Waals surface area (Å²) in [5.74, 6) is 0.178. The second kappa shape index (κ2) is 4.15. The van der Waals surface area contributed by atoms with Gasteiger partial charge in [-0.15, -0.1) is 11.3 Å². The average molecular weight is 302 g/mol. The van der Waals surface area contributed by atoms with Gasteiger partial charge in [0.2, 0.25) is 5.91 Å². The number of amides is 1. The number of carbonyl (C=O) groups is 1. The van der Waals surface area contributed by atoms with Gasteiger partial charge >= 0.3 is 0 Å². The number of thiophene rings is 1. The Morgan fingerprint density at radius 3 is 2.94 bits per heavy atom. The maximum Gasteiger partial charge on any atom is 0.239 e. The topological polar surface area (TPSA) is 20.3 Å². The molecule has 0 spiro atoms. The Labute approximate surface area is 109 Å². The van der Waals surface area contributed by atoms with Gasteiger partial charge in [0.05, 0.1) is 10.4 Å². The summed E-state index contributed by atoms with van der Waals surface area (Å²) in [6.45, 7) is 6.76. The fraction of sp³-hybridized carbons (Fsp3) is 0.583. The summed E-state index contributed by atoms with van der Waals surface area (Å²) in [7, 11) is 0. The Balaban J connectivity index is 2.25. The lowest BCUT2D eigenvalue weighted by Gasteiger charge is -2.37. The van der Waals surface area contributed by atoms with Crippen LogP contribution in [-0.2, 0) is 11.2 Å². The third-order valence-corrected chi connectivity index (χ3v) is 4.38. The van der Waals surface area contributed by atoms with Crippen molar-refractivity contribution < 1.29 is 4.79 Å². The lowest BCUT2D eigenvalue weighted by Crippen LogP contribution is -2.45. The fourth-order valence-electron chi connectivity index (χ4n) is 2.13. The van der Waals surface area contributed by atoms with Crippen LogP contribution in [0, 0.1) is 0 Å². The van der Waals surface area contributed by atoms with Crippen LogP contribution in [0.5, 0.6) is 0 Å². The molecule has 0 N–H and O–H groups in total. The van der Waals surface area contributed by atoms with Crippen molar-refractivity contribution in [1.82, 2.24) is 4.90 Å². The molecule has 0 radical (unpaired) electrons. The first-order valence-electron chi connectivity index (χ1n) is 5.47. The molecule has 0 aliphatic carbocycles. The number of fused-ring (bicyclic) bond motifs is 1. The highest BCUT2D eigenvalue weighted by Gasteiger charge is 2.35. The predicted molar refractivity (Wildman–Crippen MR) is 71.2 cm³/mol. The normalized spacial score (nSPS) is 20.8. The molecule has 4 heteroatoms. The molecule has 1 atom stereocenters. The van der Waals surface area contributed by atoms with Crippen LogP contribution in [0.25, 0.3) is 0 Å². The SMILES string of the molecule is CC1c2ccsc2CCN1C(=O)C(C)(C)Br. The third-order valence-electron chi connectivity index (χ3n) is 3.05. The second-order valence-electron chi connectivity index (χ2n) is 4.70. The highest BCUT2D eigenvalue weighted by Crippen LogP contribution is 2.35. The highest BCUT2D eigenvalue weighted by atomic mass is 79.9. The van der Waals surface area contributed by atoms with E-state index >= 15 is 0 Å². The van der Waals surface area contributed by atoms with Gasteiger partial charge in [-0.3, -0.25) is 4.79 Å². The lowest BCUT2D eigenvalue weighted by molar-refractivity contribution is -0.135. The summed E-state index contributed by atoms with van der Waals surface area (Å²) in [4.78, 5) is 15.7. The van der Waals surface area contributed by atoms with Gasteiger partial charge in [0.25, 0.3) is 0 Å². The minimum atomic E-state index is -0.464. The molecule has 1 aliphatic heterocycles. The molecule has 1 unspecified atom stereocenters. The molecule has 16 heavy (non-hydrogen) atoms. The third kappa shape index (κ3) is 2.05. The Morgan fingerprint density at radius 2 is 2.31 bits per heavy atom. The Morgan fingerprint density at radius 1 is 1.62 bits per heavy atom. The zero-order chi connectivity index (χ0) is 11.9. The van der Waals surface area contributed by atoms with Crippen molar-refractivity contribution in [2.75, 3.05) is 6.54 Å². The van der Waals surface area contributed by atoms with Gasteiger partial charge in [0.15, 0.2) is 0 Å². The summed E-state index contributed by atoms with van der Waals surface area (Å²) < 4.78 is -0.464. The van der Waals surface area contributed by atoms with Crippen LogP contribution in [0.2, 0.25) is 0 Å². The zero-order valence-electron chi connectivity index (χ0n) is 9.79. The molecule has 2 rings (SSSR count). The number of nitrogens with zero attached hydrogens (tertiary/aromatic N) is 1. The van der Waals surface area contributed by atoms with E-state index in [1.807, 2.05) is 18.7 Å².